The molecule has 0 saturated heterocycles. The Hall–Kier alpha value is -2.36. The first-order chi connectivity index (χ1) is 9.60. The molecule has 2 aromatic carbocycles. The van der Waals surface area contributed by atoms with Gasteiger partial charge in [0.15, 0.2) is 0 Å². The van der Waals surface area contributed by atoms with E-state index in [1.54, 1.807) is 0 Å². The fourth-order valence-corrected chi connectivity index (χ4v) is 2.76. The molecule has 0 radical (unpaired) electrons. The van der Waals surface area contributed by atoms with Crippen molar-refractivity contribution in [3.05, 3.63) is 48.5 Å². The molecule has 0 saturated carbocycles. The molecular weight excluding hydrogens is 252 g/mol. The van der Waals surface area contributed by atoms with Gasteiger partial charge in [0.2, 0.25) is 11.4 Å². The molecular formula is C16H16N2O2. The Labute approximate surface area is 117 Å². The van der Waals surface area contributed by atoms with Crippen molar-refractivity contribution in [2.45, 2.75) is 25.3 Å². The van der Waals surface area contributed by atoms with Crippen molar-refractivity contribution in [1.82, 2.24) is 0 Å². The van der Waals surface area contributed by atoms with Gasteiger partial charge >= 0.3 is 0 Å². The maximum absolute atomic E-state index is 6.11. The molecule has 0 amide bonds. The molecule has 102 valence electrons. The summed E-state index contributed by atoms with van der Waals surface area (Å²) < 4.78 is 12.2. The number of rotatable bonds is 1. The van der Waals surface area contributed by atoms with Gasteiger partial charge < -0.3 is 20.1 Å². The highest BCUT2D eigenvalue weighted by molar-refractivity contribution is 5.66. The third kappa shape index (κ3) is 1.42. The highest BCUT2D eigenvalue weighted by Crippen LogP contribution is 2.47. The number of ether oxygens (including phenoxy) is 2. The zero-order valence-corrected chi connectivity index (χ0v) is 11.4. The molecule has 0 unspecified atom stereocenters. The van der Waals surface area contributed by atoms with Crippen LogP contribution in [-0.4, -0.2) is 11.4 Å². The molecule has 4 heteroatoms. The fourth-order valence-electron chi connectivity index (χ4n) is 2.76. The highest BCUT2D eigenvalue weighted by Gasteiger charge is 2.55. The van der Waals surface area contributed by atoms with Crippen LogP contribution in [0.1, 0.15) is 13.8 Å². The van der Waals surface area contributed by atoms with Gasteiger partial charge in [-0.3, -0.25) is 0 Å². The summed E-state index contributed by atoms with van der Waals surface area (Å²) in [5.74, 6) is 1.69. The van der Waals surface area contributed by atoms with Gasteiger partial charge in [0.1, 0.15) is 11.5 Å². The van der Waals surface area contributed by atoms with Gasteiger partial charge in [0, 0.05) is 13.8 Å². The molecule has 2 heterocycles. The minimum absolute atomic E-state index is 0.685. The normalized spacial score (nSPS) is 29.5. The van der Waals surface area contributed by atoms with Crippen molar-refractivity contribution < 1.29 is 9.47 Å². The zero-order valence-electron chi connectivity index (χ0n) is 11.4. The van der Waals surface area contributed by atoms with Gasteiger partial charge in [0.05, 0.1) is 11.4 Å². The van der Waals surface area contributed by atoms with Crippen LogP contribution in [0.15, 0.2) is 48.5 Å². The topological polar surface area (TPSA) is 42.5 Å². The van der Waals surface area contributed by atoms with E-state index in [1.165, 1.54) is 0 Å². The van der Waals surface area contributed by atoms with Crippen LogP contribution in [0.5, 0.6) is 11.5 Å². The SMILES string of the molecule is C[C@]1([C@@]2(C)Nc3ccccc3O2)Nc2ccccc2O1. The van der Waals surface area contributed by atoms with E-state index < -0.39 is 11.4 Å². The lowest BCUT2D eigenvalue weighted by atomic mass is 10.0. The van der Waals surface area contributed by atoms with E-state index >= 15 is 0 Å². The van der Waals surface area contributed by atoms with Crippen LogP contribution in [0.25, 0.3) is 0 Å². The lowest BCUT2D eigenvalue weighted by Crippen LogP contribution is -2.63. The summed E-state index contributed by atoms with van der Waals surface area (Å²) in [6.07, 6.45) is 0. The molecule has 2 aromatic rings. The molecule has 4 rings (SSSR count). The predicted molar refractivity (Wildman–Crippen MR) is 78.2 cm³/mol. The lowest BCUT2D eigenvalue weighted by Gasteiger charge is -2.39. The second-order valence-electron chi connectivity index (χ2n) is 5.51. The maximum atomic E-state index is 6.11. The summed E-state index contributed by atoms with van der Waals surface area (Å²) in [4.78, 5) is 0. The van der Waals surface area contributed by atoms with Gasteiger partial charge in [-0.25, -0.2) is 0 Å². The van der Waals surface area contributed by atoms with Crippen LogP contribution < -0.4 is 20.1 Å². The molecule has 2 aliphatic heterocycles. The van der Waals surface area contributed by atoms with Crippen molar-refractivity contribution >= 4 is 11.4 Å². The number of fused-ring (bicyclic) bond motifs is 2. The summed E-state index contributed by atoms with van der Waals surface area (Å²) in [5, 5.41) is 6.84. The fraction of sp³-hybridized carbons (Fsp3) is 0.250. The Morgan fingerprint density at radius 2 is 1.10 bits per heavy atom. The van der Waals surface area contributed by atoms with Crippen LogP contribution in [-0.2, 0) is 0 Å². The van der Waals surface area contributed by atoms with Gasteiger partial charge in [-0.05, 0) is 24.3 Å². The summed E-state index contributed by atoms with van der Waals surface area (Å²) in [7, 11) is 0. The summed E-state index contributed by atoms with van der Waals surface area (Å²) in [5.41, 5.74) is 0.598. The second kappa shape index (κ2) is 3.60. The number of hydrogen-bond acceptors (Lipinski definition) is 4. The van der Waals surface area contributed by atoms with E-state index in [2.05, 4.69) is 10.6 Å². The number of nitrogens with one attached hydrogen (secondary N) is 2. The second-order valence-corrected chi connectivity index (χ2v) is 5.51. The maximum Gasteiger partial charge on any atom is 0.236 e. The van der Waals surface area contributed by atoms with Gasteiger partial charge in [0.25, 0.3) is 0 Å². The molecule has 0 aliphatic carbocycles. The molecule has 0 aromatic heterocycles. The lowest BCUT2D eigenvalue weighted by molar-refractivity contribution is -0.0413. The molecule has 2 aliphatic rings. The smallest absolute Gasteiger partial charge is 0.236 e. The monoisotopic (exact) mass is 268 g/mol. The van der Waals surface area contributed by atoms with Crippen molar-refractivity contribution in [1.29, 1.82) is 0 Å². The minimum Gasteiger partial charge on any atom is -0.460 e. The Bertz CT molecular complexity index is 574. The van der Waals surface area contributed by atoms with Gasteiger partial charge in [-0.2, -0.15) is 0 Å². The quantitative estimate of drug-likeness (QED) is 0.831. The number of hydrogen-bond donors (Lipinski definition) is 2. The van der Waals surface area contributed by atoms with E-state index in [-0.39, 0.29) is 0 Å². The first-order valence-corrected chi connectivity index (χ1v) is 6.72. The van der Waals surface area contributed by atoms with Crippen LogP contribution in [0.2, 0.25) is 0 Å². The number of benzene rings is 2. The average molecular weight is 268 g/mol. The first-order valence-electron chi connectivity index (χ1n) is 6.72. The molecule has 2 atom stereocenters. The standard InChI is InChI=1S/C16H16N2O2/c1-15(17-11-7-3-5-9-13(11)19-15)16(2)18-12-8-4-6-10-14(12)20-16/h3-10,17-18H,1-2H3/t15-,16-/m0/s1. The first kappa shape index (κ1) is 11.5. The summed E-state index contributed by atoms with van der Waals surface area (Å²) in [6.45, 7) is 3.98. The minimum atomic E-state index is -0.685. The third-order valence-electron chi connectivity index (χ3n) is 4.06. The average Bonchev–Trinajstić information content (AvgIpc) is 2.96. The Morgan fingerprint density at radius 1 is 0.700 bits per heavy atom. The molecule has 2 N–H and O–H groups in total. The Balaban J connectivity index is 1.70. The van der Waals surface area contributed by atoms with Crippen LogP contribution in [0.3, 0.4) is 0 Å². The van der Waals surface area contributed by atoms with Crippen molar-refractivity contribution in [2.24, 2.45) is 0 Å². The Kier molecular flexibility index (Phi) is 2.06. The summed E-state index contributed by atoms with van der Waals surface area (Å²) in [6, 6.07) is 15.8. The molecule has 0 fully saturated rings. The number of anilines is 2. The van der Waals surface area contributed by atoms with E-state index in [1.807, 2.05) is 62.4 Å². The van der Waals surface area contributed by atoms with E-state index in [9.17, 15) is 0 Å². The summed E-state index contributed by atoms with van der Waals surface area (Å²) >= 11 is 0. The molecule has 0 spiro atoms. The molecule has 4 nitrogen and oxygen atoms in total. The molecule has 0 bridgehead atoms. The predicted octanol–water partition coefficient (Wildman–Crippen LogP) is 3.43. The third-order valence-corrected chi connectivity index (χ3v) is 4.06. The van der Waals surface area contributed by atoms with Crippen molar-refractivity contribution in [3.8, 4) is 11.5 Å². The number of para-hydroxylation sites is 4. The van der Waals surface area contributed by atoms with E-state index in [0.29, 0.717) is 0 Å². The highest BCUT2D eigenvalue weighted by atomic mass is 16.6. The molecule has 20 heavy (non-hydrogen) atoms. The largest absolute Gasteiger partial charge is 0.460 e. The van der Waals surface area contributed by atoms with E-state index in [0.717, 1.165) is 22.9 Å². The van der Waals surface area contributed by atoms with Crippen molar-refractivity contribution in [2.75, 3.05) is 10.6 Å². The Morgan fingerprint density at radius 3 is 1.50 bits per heavy atom. The zero-order chi connectivity index (χ0) is 13.8. The van der Waals surface area contributed by atoms with Gasteiger partial charge in [-0.15, -0.1) is 0 Å². The van der Waals surface area contributed by atoms with Crippen LogP contribution >= 0.6 is 0 Å². The van der Waals surface area contributed by atoms with E-state index in [4.69, 9.17) is 9.47 Å². The van der Waals surface area contributed by atoms with Gasteiger partial charge in [-0.1, -0.05) is 24.3 Å². The van der Waals surface area contributed by atoms with Crippen LogP contribution in [0, 0.1) is 0 Å². The van der Waals surface area contributed by atoms with Crippen LogP contribution in [0.4, 0.5) is 11.4 Å². The van der Waals surface area contributed by atoms with Crippen molar-refractivity contribution in [3.63, 3.8) is 0 Å².